The van der Waals surface area contributed by atoms with Crippen LogP contribution >= 0.6 is 0 Å². The third kappa shape index (κ3) is 3.34. The molecule has 2 aromatic carbocycles. The predicted octanol–water partition coefficient (Wildman–Crippen LogP) is 3.79. The fourth-order valence-corrected chi connectivity index (χ4v) is 3.02. The Bertz CT molecular complexity index is 1110. The van der Waals surface area contributed by atoms with Crippen molar-refractivity contribution in [2.24, 2.45) is 0 Å². The molecule has 0 amide bonds. The molecule has 2 heterocycles. The number of imidazole rings is 1. The number of oxazole rings is 1. The van der Waals surface area contributed by atoms with Crippen LogP contribution in [-0.2, 0) is 16.0 Å². The van der Waals surface area contributed by atoms with Crippen LogP contribution in [0.2, 0.25) is 0 Å². The maximum Gasteiger partial charge on any atom is 0.308 e. The van der Waals surface area contributed by atoms with E-state index in [4.69, 9.17) is 18.9 Å². The van der Waals surface area contributed by atoms with Crippen LogP contribution in [0.1, 0.15) is 12.2 Å². The van der Waals surface area contributed by atoms with Crippen LogP contribution in [0.15, 0.2) is 59.3 Å². The van der Waals surface area contributed by atoms with Crippen molar-refractivity contribution in [1.82, 2.24) is 14.5 Å². The Kier molecular flexibility index (Phi) is 4.80. The maximum absolute atomic E-state index is 11.6. The molecule has 0 saturated heterocycles. The van der Waals surface area contributed by atoms with E-state index in [0.717, 1.165) is 22.3 Å². The Balaban J connectivity index is 1.77. The van der Waals surface area contributed by atoms with Crippen molar-refractivity contribution in [3.8, 4) is 23.0 Å². The van der Waals surface area contributed by atoms with E-state index in [-0.39, 0.29) is 12.4 Å². The first-order valence-electron chi connectivity index (χ1n) is 8.83. The molecule has 2 aromatic heterocycles. The summed E-state index contributed by atoms with van der Waals surface area (Å²) in [6.45, 7) is 0. The summed E-state index contributed by atoms with van der Waals surface area (Å²) in [5, 5.41) is 0. The number of carbonyl (C=O) groups excluding carboxylic acids is 1. The fourth-order valence-electron chi connectivity index (χ4n) is 3.02. The van der Waals surface area contributed by atoms with E-state index in [1.807, 2.05) is 48.5 Å². The lowest BCUT2D eigenvalue weighted by Gasteiger charge is -2.03. The van der Waals surface area contributed by atoms with Crippen LogP contribution < -0.4 is 4.74 Å². The molecule has 142 valence electrons. The number of carbonyl (C=O) groups is 1. The minimum absolute atomic E-state index is 0.207. The first-order chi connectivity index (χ1) is 13.7. The van der Waals surface area contributed by atoms with Crippen molar-refractivity contribution in [1.29, 1.82) is 0 Å². The highest BCUT2D eigenvalue weighted by atomic mass is 16.5. The van der Waals surface area contributed by atoms with Gasteiger partial charge in [-0.05, 0) is 36.4 Å². The molecule has 0 saturated carbocycles. The van der Waals surface area contributed by atoms with Gasteiger partial charge in [-0.3, -0.25) is 9.36 Å². The fraction of sp³-hybridized carbons (Fsp3) is 0.190. The Morgan fingerprint density at radius 3 is 2.64 bits per heavy atom. The lowest BCUT2D eigenvalue weighted by atomic mass is 10.1. The molecule has 0 aliphatic carbocycles. The summed E-state index contributed by atoms with van der Waals surface area (Å²) in [6, 6.07) is 15.7. The summed E-state index contributed by atoms with van der Waals surface area (Å²) in [7, 11) is 2.99. The van der Waals surface area contributed by atoms with Gasteiger partial charge in [0, 0.05) is 12.0 Å². The minimum atomic E-state index is -0.299. The Morgan fingerprint density at radius 2 is 1.89 bits per heavy atom. The molecule has 0 aliphatic rings. The second-order valence-electron chi connectivity index (χ2n) is 6.18. The van der Waals surface area contributed by atoms with E-state index < -0.39 is 0 Å². The molecule has 0 radical (unpaired) electrons. The quantitative estimate of drug-likeness (QED) is 0.476. The number of hydrogen-bond acceptors (Lipinski definition) is 6. The third-order valence-electron chi connectivity index (χ3n) is 4.49. The largest absolute Gasteiger partial charge is 0.497 e. The summed E-state index contributed by atoms with van der Waals surface area (Å²) >= 11 is 0. The van der Waals surface area contributed by atoms with Gasteiger partial charge < -0.3 is 13.9 Å². The monoisotopic (exact) mass is 377 g/mol. The van der Waals surface area contributed by atoms with Crippen molar-refractivity contribution in [3.63, 3.8) is 0 Å². The summed E-state index contributed by atoms with van der Waals surface area (Å²) in [5.41, 5.74) is 3.30. The van der Waals surface area contributed by atoms with Gasteiger partial charge in [0.15, 0.2) is 0 Å². The molecule has 0 aliphatic heterocycles. The van der Waals surface area contributed by atoms with Gasteiger partial charge in [0.2, 0.25) is 0 Å². The number of rotatable bonds is 6. The lowest BCUT2D eigenvalue weighted by molar-refractivity contribution is -0.140. The highest BCUT2D eigenvalue weighted by Gasteiger charge is 2.19. The molecule has 0 unspecified atom stereocenters. The smallest absolute Gasteiger partial charge is 0.308 e. The lowest BCUT2D eigenvalue weighted by Crippen LogP contribution is -2.02. The molecule has 0 fully saturated rings. The molecule has 0 spiro atoms. The van der Waals surface area contributed by atoms with Gasteiger partial charge >= 0.3 is 12.0 Å². The number of nitrogens with zero attached hydrogens (tertiary/aromatic N) is 3. The van der Waals surface area contributed by atoms with Crippen molar-refractivity contribution < 1.29 is 18.7 Å². The Hall–Kier alpha value is -3.61. The van der Waals surface area contributed by atoms with Gasteiger partial charge in [-0.25, -0.2) is 4.98 Å². The van der Waals surface area contributed by atoms with Crippen molar-refractivity contribution in [2.75, 3.05) is 14.2 Å². The second-order valence-corrected chi connectivity index (χ2v) is 6.18. The zero-order valence-corrected chi connectivity index (χ0v) is 15.6. The number of aromatic nitrogens is 3. The molecule has 0 atom stereocenters. The van der Waals surface area contributed by atoms with E-state index in [9.17, 15) is 4.79 Å². The SMILES string of the molecule is COC(=O)CCc1oc(-n2cnc3ccccc32)nc1-c1ccc(OC)cc1. The number of hydrogen-bond donors (Lipinski definition) is 0. The molecule has 4 aromatic rings. The Labute approximate surface area is 161 Å². The van der Waals surface area contributed by atoms with E-state index in [1.54, 1.807) is 18.0 Å². The number of para-hydroxylation sites is 2. The van der Waals surface area contributed by atoms with Crippen molar-refractivity contribution in [2.45, 2.75) is 12.8 Å². The van der Waals surface area contributed by atoms with Crippen LogP contribution in [0.3, 0.4) is 0 Å². The highest BCUT2D eigenvalue weighted by Crippen LogP contribution is 2.29. The summed E-state index contributed by atoms with van der Waals surface area (Å²) in [6.07, 6.45) is 2.27. The van der Waals surface area contributed by atoms with Crippen LogP contribution in [0.4, 0.5) is 0 Å². The first-order valence-corrected chi connectivity index (χ1v) is 8.83. The molecule has 0 N–H and O–H groups in total. The second kappa shape index (κ2) is 7.56. The minimum Gasteiger partial charge on any atom is -0.497 e. The molecule has 28 heavy (non-hydrogen) atoms. The van der Waals surface area contributed by atoms with Gasteiger partial charge in [0.25, 0.3) is 0 Å². The average molecular weight is 377 g/mol. The summed E-state index contributed by atoms with van der Waals surface area (Å²) in [4.78, 5) is 20.7. The van der Waals surface area contributed by atoms with Crippen LogP contribution in [0.5, 0.6) is 5.75 Å². The zero-order chi connectivity index (χ0) is 19.5. The Morgan fingerprint density at radius 1 is 1.11 bits per heavy atom. The van der Waals surface area contributed by atoms with Gasteiger partial charge in [0.05, 0.1) is 31.7 Å². The number of benzene rings is 2. The number of methoxy groups -OCH3 is 2. The third-order valence-corrected chi connectivity index (χ3v) is 4.49. The van der Waals surface area contributed by atoms with E-state index in [2.05, 4.69) is 4.98 Å². The van der Waals surface area contributed by atoms with Gasteiger partial charge in [-0.2, -0.15) is 4.98 Å². The molecular formula is C21H19N3O4. The summed E-state index contributed by atoms with van der Waals surface area (Å²) < 4.78 is 17.8. The van der Waals surface area contributed by atoms with Gasteiger partial charge in [-0.15, -0.1) is 0 Å². The van der Waals surface area contributed by atoms with E-state index >= 15 is 0 Å². The number of aryl methyl sites for hydroxylation is 1. The number of ether oxygens (including phenoxy) is 2. The van der Waals surface area contributed by atoms with Crippen LogP contribution in [0.25, 0.3) is 28.3 Å². The standard InChI is InChI=1S/C21H19N3O4/c1-26-15-9-7-14(8-10-15)20-18(11-12-19(25)27-2)28-21(23-20)24-13-22-16-5-3-4-6-17(16)24/h3-10,13H,11-12H2,1-2H3. The molecule has 4 rings (SSSR count). The molecule has 7 heteroatoms. The topological polar surface area (TPSA) is 79.4 Å². The van der Waals surface area contributed by atoms with E-state index in [1.165, 1.54) is 7.11 Å². The maximum atomic E-state index is 11.6. The van der Waals surface area contributed by atoms with Crippen molar-refractivity contribution >= 4 is 17.0 Å². The zero-order valence-electron chi connectivity index (χ0n) is 15.6. The number of fused-ring (bicyclic) bond motifs is 1. The number of esters is 1. The van der Waals surface area contributed by atoms with Gasteiger partial charge in [-0.1, -0.05) is 12.1 Å². The summed E-state index contributed by atoms with van der Waals surface area (Å²) in [5.74, 6) is 1.07. The molecular weight excluding hydrogens is 358 g/mol. The average Bonchev–Trinajstić information content (AvgIpc) is 3.36. The predicted molar refractivity (Wildman–Crippen MR) is 103 cm³/mol. The normalized spacial score (nSPS) is 10.9. The molecule has 0 bridgehead atoms. The van der Waals surface area contributed by atoms with Crippen LogP contribution in [-0.4, -0.2) is 34.7 Å². The van der Waals surface area contributed by atoms with Gasteiger partial charge in [0.1, 0.15) is 23.5 Å². The molecule has 7 nitrogen and oxygen atoms in total. The van der Waals surface area contributed by atoms with E-state index in [0.29, 0.717) is 23.9 Å². The highest BCUT2D eigenvalue weighted by molar-refractivity contribution is 5.76. The van der Waals surface area contributed by atoms with Crippen LogP contribution in [0, 0.1) is 0 Å². The van der Waals surface area contributed by atoms with Crippen molar-refractivity contribution in [3.05, 3.63) is 60.6 Å². The first kappa shape index (κ1) is 17.8.